The number of methoxy groups -OCH3 is 1. The van der Waals surface area contributed by atoms with E-state index in [1.165, 1.54) is 30.2 Å². The minimum absolute atomic E-state index is 0.0305. The maximum Gasteiger partial charge on any atom is 0.282 e. The molecule has 0 radical (unpaired) electrons. The fourth-order valence-electron chi connectivity index (χ4n) is 1.56. The second kappa shape index (κ2) is 6.69. The van der Waals surface area contributed by atoms with Crippen LogP contribution in [0.25, 0.3) is 0 Å². The van der Waals surface area contributed by atoms with Gasteiger partial charge in [-0.1, -0.05) is 0 Å². The molecule has 0 fully saturated rings. The van der Waals surface area contributed by atoms with Crippen LogP contribution in [0.15, 0.2) is 18.2 Å². The van der Waals surface area contributed by atoms with Gasteiger partial charge >= 0.3 is 0 Å². The Hall–Kier alpha value is -2.15. The van der Waals surface area contributed by atoms with Gasteiger partial charge in [0.05, 0.1) is 12.0 Å². The van der Waals surface area contributed by atoms with E-state index in [1.54, 1.807) is 14.1 Å². The van der Waals surface area contributed by atoms with E-state index in [9.17, 15) is 14.9 Å². The van der Waals surface area contributed by atoms with E-state index >= 15 is 0 Å². The molecule has 1 rings (SSSR count). The summed E-state index contributed by atoms with van der Waals surface area (Å²) in [6.07, 6.45) is 0. The Morgan fingerprint density at radius 2 is 2.21 bits per heavy atom. The van der Waals surface area contributed by atoms with Gasteiger partial charge in [0.1, 0.15) is 11.3 Å². The smallest absolute Gasteiger partial charge is 0.282 e. The standard InChI is InChI=1S/C12H17N3O4/c1-13-6-7-14(2)12(16)10-8-9(19-3)4-5-11(10)15(17)18/h4-5,8,13H,6-7H2,1-3H3. The van der Waals surface area contributed by atoms with Gasteiger partial charge < -0.3 is 15.0 Å². The Morgan fingerprint density at radius 1 is 1.53 bits per heavy atom. The van der Waals surface area contributed by atoms with Crippen LogP contribution < -0.4 is 10.1 Å². The number of ether oxygens (including phenoxy) is 1. The fourth-order valence-corrected chi connectivity index (χ4v) is 1.56. The lowest BCUT2D eigenvalue weighted by atomic mass is 10.1. The number of nitro benzene ring substituents is 1. The van der Waals surface area contributed by atoms with Gasteiger partial charge in [0.25, 0.3) is 11.6 Å². The number of rotatable bonds is 6. The molecule has 0 aromatic heterocycles. The summed E-state index contributed by atoms with van der Waals surface area (Å²) < 4.78 is 4.99. The molecule has 0 aliphatic heterocycles. The Kier molecular flexibility index (Phi) is 5.25. The van der Waals surface area contributed by atoms with Crippen LogP contribution in [0.2, 0.25) is 0 Å². The van der Waals surface area contributed by atoms with Crippen molar-refractivity contribution in [3.05, 3.63) is 33.9 Å². The molecular weight excluding hydrogens is 250 g/mol. The van der Waals surface area contributed by atoms with Gasteiger partial charge in [0, 0.05) is 26.2 Å². The largest absolute Gasteiger partial charge is 0.497 e. The van der Waals surface area contributed by atoms with Crippen LogP contribution in [0, 0.1) is 10.1 Å². The normalized spacial score (nSPS) is 10.1. The highest BCUT2D eigenvalue weighted by atomic mass is 16.6. The minimum atomic E-state index is -0.571. The van der Waals surface area contributed by atoms with Crippen LogP contribution in [-0.2, 0) is 0 Å². The number of hydrogen-bond acceptors (Lipinski definition) is 5. The lowest BCUT2D eigenvalue weighted by Crippen LogP contribution is -2.33. The molecule has 104 valence electrons. The van der Waals surface area contributed by atoms with Crippen LogP contribution >= 0.6 is 0 Å². The number of carbonyl (C=O) groups excluding carboxylic acids is 1. The first kappa shape index (κ1) is 14.9. The van der Waals surface area contributed by atoms with Crippen molar-refractivity contribution < 1.29 is 14.5 Å². The van der Waals surface area contributed by atoms with Crippen LogP contribution in [0.5, 0.6) is 5.75 Å². The third kappa shape index (κ3) is 3.65. The summed E-state index contributed by atoms with van der Waals surface area (Å²) in [5.74, 6) is 0.0109. The van der Waals surface area contributed by atoms with Crippen molar-refractivity contribution in [1.29, 1.82) is 0 Å². The molecule has 19 heavy (non-hydrogen) atoms. The average molecular weight is 267 g/mol. The molecule has 0 saturated carbocycles. The van der Waals surface area contributed by atoms with Crippen molar-refractivity contribution in [2.45, 2.75) is 0 Å². The van der Waals surface area contributed by atoms with Crippen molar-refractivity contribution in [3.63, 3.8) is 0 Å². The summed E-state index contributed by atoms with van der Waals surface area (Å²) in [6.45, 7) is 1.07. The summed E-state index contributed by atoms with van der Waals surface area (Å²) in [5, 5.41) is 13.9. The number of likely N-dealkylation sites (N-methyl/N-ethyl adjacent to an activating group) is 2. The van der Waals surface area contributed by atoms with Gasteiger partial charge in [-0.25, -0.2) is 0 Å². The van der Waals surface area contributed by atoms with Gasteiger partial charge in [-0.2, -0.15) is 0 Å². The maximum atomic E-state index is 12.2. The molecule has 0 aliphatic rings. The Labute approximate surface area is 111 Å². The number of nitrogens with one attached hydrogen (secondary N) is 1. The summed E-state index contributed by atoms with van der Waals surface area (Å²) in [4.78, 5) is 24.0. The molecule has 7 heteroatoms. The number of benzene rings is 1. The highest BCUT2D eigenvalue weighted by Gasteiger charge is 2.23. The Morgan fingerprint density at radius 3 is 2.74 bits per heavy atom. The molecule has 0 bridgehead atoms. The highest BCUT2D eigenvalue weighted by molar-refractivity contribution is 5.98. The minimum Gasteiger partial charge on any atom is -0.497 e. The summed E-state index contributed by atoms with van der Waals surface area (Å²) in [6, 6.07) is 4.12. The topological polar surface area (TPSA) is 84.7 Å². The highest BCUT2D eigenvalue weighted by Crippen LogP contribution is 2.24. The van der Waals surface area contributed by atoms with Gasteiger partial charge in [-0.05, 0) is 19.2 Å². The SMILES string of the molecule is CNCCN(C)C(=O)c1cc(OC)ccc1[N+](=O)[O-]. The first-order chi connectivity index (χ1) is 9.01. The zero-order valence-corrected chi connectivity index (χ0v) is 11.2. The maximum absolute atomic E-state index is 12.2. The molecule has 0 aliphatic carbocycles. The van der Waals surface area contributed by atoms with E-state index in [1.807, 2.05) is 0 Å². The van der Waals surface area contributed by atoms with Crippen molar-refractivity contribution in [2.75, 3.05) is 34.3 Å². The molecule has 1 N–H and O–H groups in total. The van der Waals surface area contributed by atoms with Crippen molar-refractivity contribution >= 4 is 11.6 Å². The monoisotopic (exact) mass is 267 g/mol. The molecule has 1 aromatic carbocycles. The van der Waals surface area contributed by atoms with Crippen LogP contribution in [0.4, 0.5) is 5.69 Å². The molecule has 0 saturated heterocycles. The van der Waals surface area contributed by atoms with Crippen LogP contribution in [-0.4, -0.2) is 50.0 Å². The quantitative estimate of drug-likeness (QED) is 0.611. The van der Waals surface area contributed by atoms with E-state index in [2.05, 4.69) is 5.32 Å². The van der Waals surface area contributed by atoms with Crippen LogP contribution in [0.3, 0.4) is 0 Å². The zero-order chi connectivity index (χ0) is 14.4. The number of carbonyl (C=O) groups is 1. The lowest BCUT2D eigenvalue weighted by molar-refractivity contribution is -0.385. The second-order valence-electron chi connectivity index (χ2n) is 3.97. The fraction of sp³-hybridized carbons (Fsp3) is 0.417. The van der Waals surface area contributed by atoms with E-state index in [0.717, 1.165) is 0 Å². The van der Waals surface area contributed by atoms with E-state index in [4.69, 9.17) is 4.74 Å². The number of nitro groups is 1. The van der Waals surface area contributed by atoms with Crippen LogP contribution in [0.1, 0.15) is 10.4 Å². The van der Waals surface area contributed by atoms with E-state index in [0.29, 0.717) is 18.8 Å². The molecule has 0 unspecified atom stereocenters. The summed E-state index contributed by atoms with van der Waals surface area (Å²) >= 11 is 0. The zero-order valence-electron chi connectivity index (χ0n) is 11.2. The molecule has 0 heterocycles. The van der Waals surface area contributed by atoms with Gasteiger partial charge in [-0.3, -0.25) is 14.9 Å². The molecule has 1 aromatic rings. The van der Waals surface area contributed by atoms with Gasteiger partial charge in [0.15, 0.2) is 0 Å². The third-order valence-electron chi connectivity index (χ3n) is 2.67. The Bertz CT molecular complexity index is 476. The Balaban J connectivity index is 3.08. The average Bonchev–Trinajstić information content (AvgIpc) is 2.42. The van der Waals surface area contributed by atoms with E-state index in [-0.39, 0.29) is 11.3 Å². The molecular formula is C12H17N3O4. The lowest BCUT2D eigenvalue weighted by Gasteiger charge is -2.17. The first-order valence-corrected chi connectivity index (χ1v) is 5.73. The molecule has 7 nitrogen and oxygen atoms in total. The summed E-state index contributed by atoms with van der Waals surface area (Å²) in [7, 11) is 4.81. The van der Waals surface area contributed by atoms with Crippen molar-refractivity contribution in [2.24, 2.45) is 0 Å². The summed E-state index contributed by atoms with van der Waals surface area (Å²) in [5.41, 5.74) is -0.190. The van der Waals surface area contributed by atoms with Gasteiger partial charge in [-0.15, -0.1) is 0 Å². The van der Waals surface area contributed by atoms with E-state index < -0.39 is 10.8 Å². The number of amides is 1. The molecule has 1 amide bonds. The number of hydrogen-bond donors (Lipinski definition) is 1. The second-order valence-corrected chi connectivity index (χ2v) is 3.97. The van der Waals surface area contributed by atoms with Crippen molar-refractivity contribution in [3.8, 4) is 5.75 Å². The van der Waals surface area contributed by atoms with Crippen molar-refractivity contribution in [1.82, 2.24) is 10.2 Å². The molecule has 0 spiro atoms. The first-order valence-electron chi connectivity index (χ1n) is 5.73. The molecule has 0 atom stereocenters. The van der Waals surface area contributed by atoms with Gasteiger partial charge in [0.2, 0.25) is 0 Å². The predicted octanol–water partition coefficient (Wildman–Crippen LogP) is 0.895. The third-order valence-corrected chi connectivity index (χ3v) is 2.67. The predicted molar refractivity (Wildman–Crippen MR) is 70.5 cm³/mol. The number of nitrogens with zero attached hydrogens (tertiary/aromatic N) is 2.